The molecule has 74 valence electrons. The molecule has 3 heteroatoms. The maximum atomic E-state index is 8.83. The van der Waals surface area contributed by atoms with Crippen LogP contribution < -0.4 is 4.74 Å². The van der Waals surface area contributed by atoms with E-state index >= 15 is 0 Å². The van der Waals surface area contributed by atoms with Gasteiger partial charge >= 0.3 is 0 Å². The van der Waals surface area contributed by atoms with Crippen LogP contribution in [0.1, 0.15) is 23.1 Å². The van der Waals surface area contributed by atoms with E-state index in [1.807, 2.05) is 26.0 Å². The molecule has 0 bridgehead atoms. The van der Waals surface area contributed by atoms with Crippen LogP contribution in [0.15, 0.2) is 17.3 Å². The molecule has 0 aliphatic carbocycles. The van der Waals surface area contributed by atoms with E-state index < -0.39 is 0 Å². The maximum absolute atomic E-state index is 8.83. The van der Waals surface area contributed by atoms with Gasteiger partial charge in [0.05, 0.1) is 12.3 Å². The molecule has 0 unspecified atom stereocenters. The van der Waals surface area contributed by atoms with Gasteiger partial charge in [0.25, 0.3) is 0 Å². The summed E-state index contributed by atoms with van der Waals surface area (Å²) >= 11 is 0. The number of ether oxygens (including phenoxy) is 1. The fourth-order valence-corrected chi connectivity index (χ4v) is 1.63. The summed E-state index contributed by atoms with van der Waals surface area (Å²) < 4.78 is 5.50. The van der Waals surface area contributed by atoms with Gasteiger partial charge in [-0.25, -0.2) is 0 Å². The monoisotopic (exact) mass is 191 g/mol. The second kappa shape index (κ2) is 3.33. The third-order valence-electron chi connectivity index (χ3n) is 2.62. The van der Waals surface area contributed by atoms with Crippen LogP contribution in [-0.2, 0) is 0 Å². The van der Waals surface area contributed by atoms with Crippen LogP contribution in [0.4, 0.5) is 0 Å². The number of nitrogens with zero attached hydrogens (tertiary/aromatic N) is 1. The molecule has 0 radical (unpaired) electrons. The van der Waals surface area contributed by atoms with E-state index in [4.69, 9.17) is 9.94 Å². The Labute approximate surface area is 83.0 Å². The van der Waals surface area contributed by atoms with Gasteiger partial charge in [-0.05, 0) is 37.1 Å². The van der Waals surface area contributed by atoms with Crippen molar-refractivity contribution in [2.75, 3.05) is 6.61 Å². The minimum absolute atomic E-state index is 0.592. The normalized spacial score (nSPS) is 17.7. The third kappa shape index (κ3) is 1.35. The van der Waals surface area contributed by atoms with Crippen LogP contribution >= 0.6 is 0 Å². The van der Waals surface area contributed by atoms with Crippen LogP contribution in [0.3, 0.4) is 0 Å². The third-order valence-corrected chi connectivity index (χ3v) is 2.62. The van der Waals surface area contributed by atoms with Crippen molar-refractivity contribution in [3.05, 3.63) is 28.8 Å². The number of oxime groups is 1. The van der Waals surface area contributed by atoms with E-state index in [1.54, 1.807) is 0 Å². The van der Waals surface area contributed by atoms with E-state index in [1.165, 1.54) is 11.1 Å². The lowest BCUT2D eigenvalue weighted by molar-refractivity contribution is 0.298. The van der Waals surface area contributed by atoms with Crippen molar-refractivity contribution in [3.8, 4) is 5.75 Å². The van der Waals surface area contributed by atoms with E-state index in [2.05, 4.69) is 5.16 Å². The standard InChI is InChI=1S/C11H13NO2/c1-7-5-9-10(12-13)3-4-14-11(9)6-8(7)2/h5-6,13H,3-4H2,1-2H3/b12-10+. The molecule has 1 aromatic rings. The molecule has 1 heterocycles. The van der Waals surface area contributed by atoms with Gasteiger partial charge in [-0.3, -0.25) is 0 Å². The highest BCUT2D eigenvalue weighted by molar-refractivity contribution is 6.03. The lowest BCUT2D eigenvalue weighted by Gasteiger charge is -2.19. The summed E-state index contributed by atoms with van der Waals surface area (Å²) in [6, 6.07) is 4.01. The molecule has 1 N–H and O–H groups in total. The Morgan fingerprint density at radius 1 is 1.29 bits per heavy atom. The molecule has 0 fully saturated rings. The fraction of sp³-hybridized carbons (Fsp3) is 0.364. The molecule has 0 amide bonds. The lowest BCUT2D eigenvalue weighted by Crippen LogP contribution is -2.16. The van der Waals surface area contributed by atoms with Gasteiger partial charge in [0.2, 0.25) is 0 Å². The number of benzene rings is 1. The van der Waals surface area contributed by atoms with Crippen LogP contribution in [-0.4, -0.2) is 17.5 Å². The zero-order chi connectivity index (χ0) is 10.1. The Morgan fingerprint density at radius 2 is 2.00 bits per heavy atom. The summed E-state index contributed by atoms with van der Waals surface area (Å²) in [4.78, 5) is 0. The Bertz CT molecular complexity index is 397. The smallest absolute Gasteiger partial charge is 0.128 e. The highest BCUT2D eigenvalue weighted by Gasteiger charge is 2.17. The van der Waals surface area contributed by atoms with Crippen molar-refractivity contribution >= 4 is 5.71 Å². The van der Waals surface area contributed by atoms with Crippen LogP contribution in [0.2, 0.25) is 0 Å². The Kier molecular flexibility index (Phi) is 2.15. The molecular weight excluding hydrogens is 178 g/mol. The van der Waals surface area contributed by atoms with E-state index in [-0.39, 0.29) is 0 Å². The average Bonchev–Trinajstić information content (AvgIpc) is 2.19. The van der Waals surface area contributed by atoms with Gasteiger partial charge in [-0.15, -0.1) is 0 Å². The van der Waals surface area contributed by atoms with Crippen LogP contribution in [0.25, 0.3) is 0 Å². The molecule has 0 spiro atoms. The lowest BCUT2D eigenvalue weighted by atomic mass is 9.99. The van der Waals surface area contributed by atoms with Gasteiger partial charge in [0.1, 0.15) is 5.75 Å². The summed E-state index contributed by atoms with van der Waals surface area (Å²) in [6.45, 7) is 4.68. The number of hydrogen-bond donors (Lipinski definition) is 1. The van der Waals surface area contributed by atoms with Gasteiger partial charge in [-0.1, -0.05) is 5.16 Å². The first-order valence-electron chi connectivity index (χ1n) is 4.67. The van der Waals surface area contributed by atoms with Crippen LogP contribution in [0, 0.1) is 13.8 Å². The van der Waals surface area contributed by atoms with Crippen molar-refractivity contribution in [3.63, 3.8) is 0 Å². The zero-order valence-corrected chi connectivity index (χ0v) is 8.37. The second-order valence-electron chi connectivity index (χ2n) is 3.58. The SMILES string of the molecule is Cc1cc2c(cc1C)/C(=N/O)CCO2. The predicted molar refractivity (Wildman–Crippen MR) is 54.4 cm³/mol. The molecule has 0 atom stereocenters. The molecule has 1 aliphatic heterocycles. The van der Waals surface area contributed by atoms with Gasteiger partial charge in [0, 0.05) is 12.0 Å². The Hall–Kier alpha value is -1.51. The fourth-order valence-electron chi connectivity index (χ4n) is 1.63. The molecule has 14 heavy (non-hydrogen) atoms. The Balaban J connectivity index is 2.58. The first-order chi connectivity index (χ1) is 6.72. The highest BCUT2D eigenvalue weighted by atomic mass is 16.5. The number of aryl methyl sites for hydroxylation is 2. The van der Waals surface area contributed by atoms with Gasteiger partial charge in [-0.2, -0.15) is 0 Å². The van der Waals surface area contributed by atoms with Crippen molar-refractivity contribution in [1.82, 2.24) is 0 Å². The molecule has 0 saturated heterocycles. The first-order valence-corrected chi connectivity index (χ1v) is 4.67. The number of hydrogen-bond acceptors (Lipinski definition) is 3. The van der Waals surface area contributed by atoms with E-state index in [9.17, 15) is 0 Å². The minimum Gasteiger partial charge on any atom is -0.492 e. The topological polar surface area (TPSA) is 41.8 Å². The van der Waals surface area contributed by atoms with Crippen molar-refractivity contribution in [1.29, 1.82) is 0 Å². The maximum Gasteiger partial charge on any atom is 0.128 e. The summed E-state index contributed by atoms with van der Waals surface area (Å²) in [6.07, 6.45) is 0.673. The molecule has 3 nitrogen and oxygen atoms in total. The Morgan fingerprint density at radius 3 is 2.71 bits per heavy atom. The summed E-state index contributed by atoms with van der Waals surface area (Å²) in [7, 11) is 0. The predicted octanol–water partition coefficient (Wildman–Crippen LogP) is 2.26. The average molecular weight is 191 g/mol. The summed E-state index contributed by atoms with van der Waals surface area (Å²) in [5, 5.41) is 12.1. The molecule has 0 saturated carbocycles. The van der Waals surface area contributed by atoms with Crippen molar-refractivity contribution in [2.45, 2.75) is 20.3 Å². The summed E-state index contributed by atoms with van der Waals surface area (Å²) in [5.74, 6) is 0.826. The quantitative estimate of drug-likeness (QED) is 0.505. The molecule has 0 aromatic heterocycles. The first kappa shape index (κ1) is 9.06. The van der Waals surface area contributed by atoms with E-state index in [0.29, 0.717) is 18.7 Å². The molecule has 1 aliphatic rings. The van der Waals surface area contributed by atoms with Gasteiger partial charge in [0.15, 0.2) is 0 Å². The van der Waals surface area contributed by atoms with Crippen molar-refractivity contribution in [2.24, 2.45) is 5.16 Å². The largest absolute Gasteiger partial charge is 0.492 e. The van der Waals surface area contributed by atoms with E-state index in [0.717, 1.165) is 11.3 Å². The molecule has 1 aromatic carbocycles. The van der Waals surface area contributed by atoms with Gasteiger partial charge < -0.3 is 9.94 Å². The summed E-state index contributed by atoms with van der Waals surface area (Å²) in [5.41, 5.74) is 4.02. The van der Waals surface area contributed by atoms with Crippen LogP contribution in [0.5, 0.6) is 5.75 Å². The molecule has 2 rings (SSSR count). The second-order valence-corrected chi connectivity index (χ2v) is 3.58. The highest BCUT2D eigenvalue weighted by Crippen LogP contribution is 2.28. The minimum atomic E-state index is 0.592. The molecular formula is C11H13NO2. The van der Waals surface area contributed by atoms with Crippen molar-refractivity contribution < 1.29 is 9.94 Å². The zero-order valence-electron chi connectivity index (χ0n) is 8.37. The number of fused-ring (bicyclic) bond motifs is 1. The number of rotatable bonds is 0.